The number of nitrogens with zero attached hydrogens (tertiary/aromatic N) is 5. The second-order valence-corrected chi connectivity index (χ2v) is 10.1. The molecule has 0 saturated carbocycles. The number of hydrogen-bond donors (Lipinski definition) is 3. The minimum absolute atomic E-state index is 0.257. The quantitative estimate of drug-likeness (QED) is 0.315. The summed E-state index contributed by atoms with van der Waals surface area (Å²) >= 11 is 0. The van der Waals surface area contributed by atoms with Crippen LogP contribution in [0.15, 0.2) is 49.1 Å². The SMILES string of the molecule is COc1cc2ncc(-c3cccc(NCCC4CNCC4(F)F)n3)n2cc1-c1cnn(CC(C)(C)O)c1. The largest absolute Gasteiger partial charge is 0.496 e. The maximum Gasteiger partial charge on any atom is 0.264 e. The molecule has 0 aromatic carbocycles. The van der Waals surface area contributed by atoms with Crippen LogP contribution < -0.4 is 15.4 Å². The predicted octanol–water partition coefficient (Wildman–Crippen LogP) is 3.70. The Labute approximate surface area is 213 Å². The molecule has 5 rings (SSSR count). The molecule has 0 amide bonds. The van der Waals surface area contributed by atoms with E-state index in [1.165, 1.54) is 0 Å². The van der Waals surface area contributed by atoms with E-state index in [0.717, 1.165) is 16.8 Å². The number of imidazole rings is 1. The maximum absolute atomic E-state index is 13.9. The fraction of sp³-hybridized carbons (Fsp3) is 0.423. The number of hydrogen-bond acceptors (Lipinski definition) is 7. The first-order valence-corrected chi connectivity index (χ1v) is 12.2. The number of fused-ring (bicyclic) bond motifs is 1. The molecule has 196 valence electrons. The lowest BCUT2D eigenvalue weighted by molar-refractivity contribution is -0.0230. The third kappa shape index (κ3) is 5.42. The molecule has 37 heavy (non-hydrogen) atoms. The summed E-state index contributed by atoms with van der Waals surface area (Å²) < 4.78 is 37.0. The summed E-state index contributed by atoms with van der Waals surface area (Å²) in [5, 5.41) is 20.5. The molecule has 11 heteroatoms. The van der Waals surface area contributed by atoms with Gasteiger partial charge in [-0.15, -0.1) is 0 Å². The minimum atomic E-state index is -2.67. The van der Waals surface area contributed by atoms with Crippen molar-refractivity contribution in [1.82, 2.24) is 29.5 Å². The molecule has 3 N–H and O–H groups in total. The van der Waals surface area contributed by atoms with E-state index >= 15 is 0 Å². The minimum Gasteiger partial charge on any atom is -0.496 e. The molecular formula is C26H31F2N7O2. The normalized spacial score (nSPS) is 17.4. The Morgan fingerprint density at radius 3 is 2.84 bits per heavy atom. The van der Waals surface area contributed by atoms with Crippen LogP contribution in [0.5, 0.6) is 5.75 Å². The Morgan fingerprint density at radius 1 is 1.27 bits per heavy atom. The van der Waals surface area contributed by atoms with Gasteiger partial charge >= 0.3 is 0 Å². The third-order valence-corrected chi connectivity index (χ3v) is 6.48. The van der Waals surface area contributed by atoms with Crippen LogP contribution >= 0.6 is 0 Å². The van der Waals surface area contributed by atoms with Crippen molar-refractivity contribution in [2.75, 3.05) is 32.1 Å². The summed E-state index contributed by atoms with van der Waals surface area (Å²) in [6.45, 7) is 4.29. The number of aromatic nitrogens is 5. The molecule has 0 aliphatic carbocycles. The van der Waals surface area contributed by atoms with Crippen LogP contribution in [0.2, 0.25) is 0 Å². The molecule has 1 aliphatic rings. The average Bonchev–Trinajstić information content (AvgIpc) is 3.55. The first kappa shape index (κ1) is 25.1. The fourth-order valence-corrected chi connectivity index (χ4v) is 4.64. The highest BCUT2D eigenvalue weighted by Crippen LogP contribution is 2.33. The number of pyridine rings is 2. The second kappa shape index (κ2) is 9.71. The van der Waals surface area contributed by atoms with Crippen molar-refractivity contribution in [1.29, 1.82) is 0 Å². The Morgan fingerprint density at radius 2 is 2.11 bits per heavy atom. The summed E-state index contributed by atoms with van der Waals surface area (Å²) in [6.07, 6.45) is 7.63. The van der Waals surface area contributed by atoms with Crippen LogP contribution in [-0.2, 0) is 6.54 Å². The van der Waals surface area contributed by atoms with Crippen LogP contribution in [-0.4, -0.2) is 67.5 Å². The Hall–Kier alpha value is -3.57. The van der Waals surface area contributed by atoms with Gasteiger partial charge in [-0.2, -0.15) is 5.10 Å². The molecule has 1 atom stereocenters. The molecule has 5 heterocycles. The topological polar surface area (TPSA) is 102 Å². The first-order valence-electron chi connectivity index (χ1n) is 12.2. The lowest BCUT2D eigenvalue weighted by Crippen LogP contribution is -2.28. The molecule has 0 bridgehead atoms. The van der Waals surface area contributed by atoms with E-state index in [2.05, 4.69) is 20.7 Å². The van der Waals surface area contributed by atoms with Gasteiger partial charge in [-0.05, 0) is 32.4 Å². The molecule has 4 aromatic rings. The zero-order valence-corrected chi connectivity index (χ0v) is 21.1. The van der Waals surface area contributed by atoms with E-state index < -0.39 is 17.4 Å². The van der Waals surface area contributed by atoms with Crippen LogP contribution in [0, 0.1) is 5.92 Å². The molecular weight excluding hydrogens is 480 g/mol. The van der Waals surface area contributed by atoms with Crippen molar-refractivity contribution < 1.29 is 18.6 Å². The van der Waals surface area contributed by atoms with Gasteiger partial charge in [0.25, 0.3) is 5.92 Å². The number of aliphatic hydroxyl groups is 1. The predicted molar refractivity (Wildman–Crippen MR) is 137 cm³/mol. The number of nitrogens with one attached hydrogen (secondary N) is 2. The molecule has 9 nitrogen and oxygen atoms in total. The van der Waals surface area contributed by atoms with Crippen molar-refractivity contribution in [3.63, 3.8) is 0 Å². The summed E-state index contributed by atoms with van der Waals surface area (Å²) in [5.41, 5.74) is 2.92. The zero-order valence-electron chi connectivity index (χ0n) is 21.1. The third-order valence-electron chi connectivity index (χ3n) is 6.48. The summed E-state index contributed by atoms with van der Waals surface area (Å²) in [6, 6.07) is 7.43. The first-order chi connectivity index (χ1) is 17.6. The van der Waals surface area contributed by atoms with Crippen molar-refractivity contribution in [2.24, 2.45) is 5.92 Å². The highest BCUT2D eigenvalue weighted by Gasteiger charge is 2.43. The van der Waals surface area contributed by atoms with Gasteiger partial charge in [0, 0.05) is 48.6 Å². The van der Waals surface area contributed by atoms with Gasteiger partial charge in [0.05, 0.1) is 49.6 Å². The Balaban J connectivity index is 1.40. The van der Waals surface area contributed by atoms with Gasteiger partial charge in [0.1, 0.15) is 17.2 Å². The van der Waals surface area contributed by atoms with Crippen LogP contribution in [0.3, 0.4) is 0 Å². The summed E-state index contributed by atoms with van der Waals surface area (Å²) in [5.74, 6) is -2.09. The fourth-order valence-electron chi connectivity index (χ4n) is 4.64. The van der Waals surface area contributed by atoms with Gasteiger partial charge in [-0.3, -0.25) is 9.08 Å². The lowest BCUT2D eigenvalue weighted by atomic mass is 10.0. The van der Waals surface area contributed by atoms with Gasteiger partial charge in [-0.1, -0.05) is 6.07 Å². The van der Waals surface area contributed by atoms with Crippen molar-refractivity contribution in [2.45, 2.75) is 38.3 Å². The Kier molecular flexibility index (Phi) is 6.59. The zero-order chi connectivity index (χ0) is 26.2. The van der Waals surface area contributed by atoms with Gasteiger partial charge in [0.15, 0.2) is 0 Å². The van der Waals surface area contributed by atoms with Gasteiger partial charge < -0.3 is 20.5 Å². The van der Waals surface area contributed by atoms with E-state index in [0.29, 0.717) is 49.0 Å². The average molecular weight is 512 g/mol. The van der Waals surface area contributed by atoms with E-state index in [-0.39, 0.29) is 6.54 Å². The van der Waals surface area contributed by atoms with Crippen LogP contribution in [0.4, 0.5) is 14.6 Å². The number of ether oxygens (including phenoxy) is 1. The molecule has 0 radical (unpaired) electrons. The standard InChI is InChI=1S/C26H31F2N7O2/c1-25(2,36)16-34-13-17(10-32-34)19-14-35-21(12-31-24(35)9-22(19)37-3)20-5-4-6-23(33-20)30-8-7-18-11-29-15-26(18,27)28/h4-6,9-10,12-14,18,29,36H,7-8,11,15-16H2,1-3H3,(H,30,33). The number of alkyl halides is 2. The number of methoxy groups -OCH3 is 1. The van der Waals surface area contributed by atoms with Crippen molar-refractivity contribution in [3.8, 4) is 28.3 Å². The summed E-state index contributed by atoms with van der Waals surface area (Å²) in [7, 11) is 1.61. The van der Waals surface area contributed by atoms with E-state index in [1.54, 1.807) is 38.0 Å². The van der Waals surface area contributed by atoms with Crippen LogP contribution in [0.1, 0.15) is 20.3 Å². The second-order valence-electron chi connectivity index (χ2n) is 10.1. The highest BCUT2D eigenvalue weighted by molar-refractivity contribution is 5.73. The molecule has 1 aliphatic heterocycles. The van der Waals surface area contributed by atoms with Crippen LogP contribution in [0.25, 0.3) is 28.2 Å². The maximum atomic E-state index is 13.9. The van der Waals surface area contributed by atoms with Gasteiger partial charge in [-0.25, -0.2) is 18.7 Å². The monoisotopic (exact) mass is 511 g/mol. The molecule has 0 spiro atoms. The molecule has 1 unspecified atom stereocenters. The Bertz CT molecular complexity index is 1390. The molecule has 1 saturated heterocycles. The molecule has 4 aromatic heterocycles. The van der Waals surface area contributed by atoms with E-state index in [1.807, 2.05) is 41.1 Å². The number of anilines is 1. The van der Waals surface area contributed by atoms with Crippen molar-refractivity contribution >= 4 is 11.5 Å². The van der Waals surface area contributed by atoms with Gasteiger partial charge in [0.2, 0.25) is 0 Å². The number of rotatable bonds is 9. The van der Waals surface area contributed by atoms with Crippen molar-refractivity contribution in [3.05, 3.63) is 49.1 Å². The highest BCUT2D eigenvalue weighted by atomic mass is 19.3. The lowest BCUT2D eigenvalue weighted by Gasteiger charge is -2.18. The smallest absolute Gasteiger partial charge is 0.264 e. The summed E-state index contributed by atoms with van der Waals surface area (Å²) in [4.78, 5) is 9.24. The van der Waals surface area contributed by atoms with E-state index in [9.17, 15) is 13.9 Å². The number of halogens is 2. The van der Waals surface area contributed by atoms with E-state index in [4.69, 9.17) is 9.72 Å². The molecule has 1 fully saturated rings.